The Morgan fingerprint density at radius 2 is 1.76 bits per heavy atom. The maximum Gasteiger partial charge on any atom is 0.236 e. The molecule has 7 heteroatoms. The lowest BCUT2D eigenvalue weighted by Crippen LogP contribution is -2.42. The molecule has 1 N–H and O–H groups in total. The molecule has 1 fully saturated rings. The third-order valence-electron chi connectivity index (χ3n) is 3.74. The van der Waals surface area contributed by atoms with Crippen LogP contribution in [0, 0.1) is 0 Å². The molecule has 1 rings (SSSR count). The number of carbonyl (C=O) groups excluding carboxylic acids is 2. The zero-order valence-corrected chi connectivity index (χ0v) is 14.2. The predicted molar refractivity (Wildman–Crippen MR) is 86.7 cm³/mol. The summed E-state index contributed by atoms with van der Waals surface area (Å²) in [5, 5.41) is 2.89. The molecule has 0 saturated carbocycles. The van der Waals surface area contributed by atoms with E-state index in [1.54, 1.807) is 7.05 Å². The van der Waals surface area contributed by atoms with E-state index in [9.17, 15) is 9.59 Å². The van der Waals surface area contributed by atoms with Crippen molar-refractivity contribution in [3.8, 4) is 0 Å². The first-order valence-electron chi connectivity index (χ1n) is 7.54. The minimum Gasteiger partial charge on any atom is -0.342 e. The van der Waals surface area contributed by atoms with Crippen LogP contribution in [0.4, 0.5) is 0 Å². The first-order valence-corrected chi connectivity index (χ1v) is 7.54. The molecule has 0 bridgehead atoms. The largest absolute Gasteiger partial charge is 0.342 e. The van der Waals surface area contributed by atoms with Crippen molar-refractivity contribution in [2.24, 2.45) is 0 Å². The number of nitrogens with one attached hydrogen (secondary N) is 1. The van der Waals surface area contributed by atoms with Crippen LogP contribution in [0.1, 0.15) is 20.3 Å². The first kappa shape index (κ1) is 20.1. The maximum atomic E-state index is 12.1. The molecule has 0 unspecified atom stereocenters. The second kappa shape index (κ2) is 10.8. The number of halogens is 1. The van der Waals surface area contributed by atoms with Crippen LogP contribution in [0.5, 0.6) is 0 Å². The Balaban J connectivity index is 0.00000400. The van der Waals surface area contributed by atoms with E-state index in [-0.39, 0.29) is 24.2 Å². The van der Waals surface area contributed by atoms with Crippen LogP contribution in [0.25, 0.3) is 0 Å². The van der Waals surface area contributed by atoms with E-state index < -0.39 is 0 Å². The molecule has 21 heavy (non-hydrogen) atoms. The molecule has 1 saturated heterocycles. The molecule has 1 heterocycles. The average molecular weight is 321 g/mol. The summed E-state index contributed by atoms with van der Waals surface area (Å²) in [5.74, 6) is 0.328. The Morgan fingerprint density at radius 3 is 2.33 bits per heavy atom. The molecule has 1 aliphatic heterocycles. The summed E-state index contributed by atoms with van der Waals surface area (Å²) < 4.78 is 0. The molecule has 1 aliphatic rings. The topological polar surface area (TPSA) is 55.9 Å². The zero-order valence-electron chi connectivity index (χ0n) is 13.4. The van der Waals surface area contributed by atoms with E-state index in [0.29, 0.717) is 19.6 Å². The Labute approximate surface area is 134 Å². The Kier molecular flexibility index (Phi) is 10.4. The lowest BCUT2D eigenvalue weighted by Gasteiger charge is -2.25. The number of hydrogen-bond donors (Lipinski definition) is 1. The Hall–Kier alpha value is -0.850. The summed E-state index contributed by atoms with van der Waals surface area (Å²) in [6, 6.07) is 0. The highest BCUT2D eigenvalue weighted by molar-refractivity contribution is 5.85. The van der Waals surface area contributed by atoms with Gasteiger partial charge in [-0.3, -0.25) is 14.5 Å². The minimum absolute atomic E-state index is 0. The molecular weight excluding hydrogens is 292 g/mol. The number of nitrogens with zero attached hydrogens (tertiary/aromatic N) is 3. The van der Waals surface area contributed by atoms with Crippen molar-refractivity contribution < 1.29 is 9.59 Å². The van der Waals surface area contributed by atoms with Crippen LogP contribution in [-0.2, 0) is 9.59 Å². The average Bonchev–Trinajstić information content (AvgIpc) is 2.66. The SMILES string of the molecule is CCN(CC)C(=O)CN1CCCN(C(=O)CNC)CC1.Cl. The lowest BCUT2D eigenvalue weighted by atomic mass is 10.3. The van der Waals surface area contributed by atoms with Gasteiger partial charge in [-0.05, 0) is 27.3 Å². The number of rotatable bonds is 6. The third-order valence-corrected chi connectivity index (χ3v) is 3.74. The van der Waals surface area contributed by atoms with E-state index in [0.717, 1.165) is 39.1 Å². The lowest BCUT2D eigenvalue weighted by molar-refractivity contribution is -0.132. The van der Waals surface area contributed by atoms with Gasteiger partial charge in [0.05, 0.1) is 13.1 Å². The van der Waals surface area contributed by atoms with Gasteiger partial charge >= 0.3 is 0 Å². The fourth-order valence-corrected chi connectivity index (χ4v) is 2.51. The van der Waals surface area contributed by atoms with Gasteiger partial charge < -0.3 is 15.1 Å². The summed E-state index contributed by atoms with van der Waals surface area (Å²) in [4.78, 5) is 29.9. The summed E-state index contributed by atoms with van der Waals surface area (Å²) in [6.07, 6.45) is 0.932. The van der Waals surface area contributed by atoms with Crippen LogP contribution in [0.2, 0.25) is 0 Å². The summed E-state index contributed by atoms with van der Waals surface area (Å²) in [7, 11) is 1.78. The van der Waals surface area contributed by atoms with Crippen molar-refractivity contribution in [2.75, 3.05) is 59.4 Å². The van der Waals surface area contributed by atoms with Crippen molar-refractivity contribution >= 4 is 24.2 Å². The van der Waals surface area contributed by atoms with Crippen LogP contribution in [0.3, 0.4) is 0 Å². The standard InChI is InChI=1S/C14H28N4O2.ClH/c1-4-17(5-2)14(20)12-16-7-6-8-18(10-9-16)13(19)11-15-3;/h15H,4-12H2,1-3H3;1H. The van der Waals surface area contributed by atoms with E-state index >= 15 is 0 Å². The van der Waals surface area contributed by atoms with Gasteiger partial charge in [-0.2, -0.15) is 0 Å². The molecule has 124 valence electrons. The van der Waals surface area contributed by atoms with E-state index in [4.69, 9.17) is 0 Å². The van der Waals surface area contributed by atoms with Gasteiger partial charge in [0.1, 0.15) is 0 Å². The van der Waals surface area contributed by atoms with Gasteiger partial charge in [0.15, 0.2) is 0 Å². The molecule has 0 aromatic heterocycles. The van der Waals surface area contributed by atoms with Crippen LogP contribution in [-0.4, -0.2) is 85.9 Å². The maximum absolute atomic E-state index is 12.1. The van der Waals surface area contributed by atoms with Gasteiger partial charge in [-0.25, -0.2) is 0 Å². The van der Waals surface area contributed by atoms with E-state index in [2.05, 4.69) is 10.2 Å². The molecular formula is C14H29ClN4O2. The quantitative estimate of drug-likeness (QED) is 0.750. The highest BCUT2D eigenvalue weighted by atomic mass is 35.5. The summed E-state index contributed by atoms with van der Waals surface area (Å²) in [6.45, 7) is 9.55. The second-order valence-corrected chi connectivity index (χ2v) is 5.11. The van der Waals surface area contributed by atoms with Crippen molar-refractivity contribution in [2.45, 2.75) is 20.3 Å². The Morgan fingerprint density at radius 1 is 1.10 bits per heavy atom. The van der Waals surface area contributed by atoms with Gasteiger partial charge in [-0.1, -0.05) is 0 Å². The summed E-state index contributed by atoms with van der Waals surface area (Å²) >= 11 is 0. The molecule has 6 nitrogen and oxygen atoms in total. The molecule has 0 aliphatic carbocycles. The van der Waals surface area contributed by atoms with Gasteiger partial charge in [0, 0.05) is 39.3 Å². The molecule has 0 aromatic rings. The highest BCUT2D eigenvalue weighted by Crippen LogP contribution is 2.04. The first-order chi connectivity index (χ1) is 9.62. The highest BCUT2D eigenvalue weighted by Gasteiger charge is 2.21. The van der Waals surface area contributed by atoms with Gasteiger partial charge in [0.25, 0.3) is 0 Å². The van der Waals surface area contributed by atoms with Crippen molar-refractivity contribution in [3.05, 3.63) is 0 Å². The molecule has 0 radical (unpaired) electrons. The van der Waals surface area contributed by atoms with Crippen molar-refractivity contribution in [1.29, 1.82) is 0 Å². The summed E-state index contributed by atoms with van der Waals surface area (Å²) in [5.41, 5.74) is 0. The molecule has 0 atom stereocenters. The monoisotopic (exact) mass is 320 g/mol. The number of likely N-dealkylation sites (N-methyl/N-ethyl adjacent to an activating group) is 2. The second-order valence-electron chi connectivity index (χ2n) is 5.11. The fourth-order valence-electron chi connectivity index (χ4n) is 2.51. The zero-order chi connectivity index (χ0) is 15.0. The molecule has 0 aromatic carbocycles. The van der Waals surface area contributed by atoms with E-state index in [1.165, 1.54) is 0 Å². The van der Waals surface area contributed by atoms with Crippen molar-refractivity contribution in [3.63, 3.8) is 0 Å². The number of hydrogen-bond acceptors (Lipinski definition) is 4. The van der Waals surface area contributed by atoms with Crippen LogP contribution in [0.15, 0.2) is 0 Å². The normalized spacial score (nSPS) is 16.0. The minimum atomic E-state index is 0. The van der Waals surface area contributed by atoms with Crippen molar-refractivity contribution in [1.82, 2.24) is 20.0 Å². The molecule has 0 spiro atoms. The third kappa shape index (κ3) is 6.63. The van der Waals surface area contributed by atoms with E-state index in [1.807, 2.05) is 23.6 Å². The van der Waals surface area contributed by atoms with Crippen LogP contribution >= 0.6 is 12.4 Å². The van der Waals surface area contributed by atoms with Gasteiger partial charge in [0.2, 0.25) is 11.8 Å². The number of carbonyl (C=O) groups is 2. The molecule has 2 amide bonds. The predicted octanol–water partition coefficient (Wildman–Crippen LogP) is 0.0303. The Bertz CT molecular complexity index is 324. The smallest absolute Gasteiger partial charge is 0.236 e. The fraction of sp³-hybridized carbons (Fsp3) is 0.857. The van der Waals surface area contributed by atoms with Crippen LogP contribution < -0.4 is 5.32 Å². The number of amides is 2. The van der Waals surface area contributed by atoms with Gasteiger partial charge in [-0.15, -0.1) is 12.4 Å².